The summed E-state index contributed by atoms with van der Waals surface area (Å²) in [6, 6.07) is 15.2. The molecular formula is C19H20N4O2S. The largest absolute Gasteiger partial charge is 0.497 e. The van der Waals surface area contributed by atoms with E-state index in [2.05, 4.69) is 15.5 Å². The van der Waals surface area contributed by atoms with Crippen LogP contribution in [-0.2, 0) is 4.79 Å². The van der Waals surface area contributed by atoms with E-state index >= 15 is 0 Å². The molecule has 2 aromatic carbocycles. The number of nitrogens with zero attached hydrogens (tertiary/aromatic N) is 3. The second kappa shape index (κ2) is 8.05. The fourth-order valence-corrected chi connectivity index (χ4v) is 3.27. The second-order valence-corrected chi connectivity index (χ2v) is 7.06. The van der Waals surface area contributed by atoms with Crippen molar-refractivity contribution < 1.29 is 9.53 Å². The monoisotopic (exact) mass is 368 g/mol. The van der Waals surface area contributed by atoms with Crippen LogP contribution in [0.3, 0.4) is 0 Å². The van der Waals surface area contributed by atoms with Gasteiger partial charge in [-0.05, 0) is 49.7 Å². The third kappa shape index (κ3) is 4.05. The lowest BCUT2D eigenvalue weighted by Gasteiger charge is -2.13. The summed E-state index contributed by atoms with van der Waals surface area (Å²) in [5.74, 6) is 0.649. The van der Waals surface area contributed by atoms with E-state index in [1.54, 1.807) is 13.4 Å². The van der Waals surface area contributed by atoms with Gasteiger partial charge in [-0.15, -0.1) is 10.2 Å². The molecule has 3 aromatic rings. The summed E-state index contributed by atoms with van der Waals surface area (Å²) in [4.78, 5) is 12.5. The first kappa shape index (κ1) is 18.0. The van der Waals surface area contributed by atoms with Gasteiger partial charge in [-0.25, -0.2) is 0 Å². The maximum atomic E-state index is 12.5. The lowest BCUT2D eigenvalue weighted by molar-refractivity contribution is -0.115. The van der Waals surface area contributed by atoms with Gasteiger partial charge in [-0.1, -0.05) is 30.0 Å². The fraction of sp³-hybridized carbons (Fsp3) is 0.211. The zero-order valence-corrected chi connectivity index (χ0v) is 15.7. The number of amides is 1. The van der Waals surface area contributed by atoms with E-state index < -0.39 is 0 Å². The topological polar surface area (TPSA) is 69.0 Å². The molecule has 0 aliphatic rings. The smallest absolute Gasteiger partial charge is 0.237 e. The maximum absolute atomic E-state index is 12.5. The van der Waals surface area contributed by atoms with E-state index in [1.165, 1.54) is 11.8 Å². The number of nitrogens with one attached hydrogen (secondary N) is 1. The molecule has 1 heterocycles. The molecule has 7 heteroatoms. The SMILES string of the molecule is COc1ccc(NC(=O)C(C)Sc2nncn2-c2ccccc2C)cc1. The highest BCUT2D eigenvalue weighted by Gasteiger charge is 2.19. The summed E-state index contributed by atoms with van der Waals surface area (Å²) < 4.78 is 7.02. The Kier molecular flexibility index (Phi) is 5.58. The van der Waals surface area contributed by atoms with E-state index in [4.69, 9.17) is 4.74 Å². The summed E-state index contributed by atoms with van der Waals surface area (Å²) in [6.45, 7) is 3.88. The number of benzene rings is 2. The van der Waals surface area contributed by atoms with Crippen LogP contribution in [0.1, 0.15) is 12.5 Å². The summed E-state index contributed by atoms with van der Waals surface area (Å²) in [7, 11) is 1.61. The zero-order valence-electron chi connectivity index (χ0n) is 14.8. The summed E-state index contributed by atoms with van der Waals surface area (Å²) in [5.41, 5.74) is 2.84. The molecule has 1 N–H and O–H groups in total. The van der Waals surface area contributed by atoms with Gasteiger partial charge in [0.15, 0.2) is 5.16 Å². The van der Waals surface area contributed by atoms with Crippen LogP contribution in [0.15, 0.2) is 60.0 Å². The quantitative estimate of drug-likeness (QED) is 0.672. The van der Waals surface area contributed by atoms with Crippen LogP contribution in [0.4, 0.5) is 5.69 Å². The van der Waals surface area contributed by atoms with Crippen LogP contribution in [0.25, 0.3) is 5.69 Å². The summed E-state index contributed by atoms with van der Waals surface area (Å²) in [5, 5.41) is 11.4. The van der Waals surface area contributed by atoms with Crippen molar-refractivity contribution in [2.75, 3.05) is 12.4 Å². The molecule has 0 fully saturated rings. The lowest BCUT2D eigenvalue weighted by atomic mass is 10.2. The molecule has 0 bridgehead atoms. The Labute approximate surface area is 156 Å². The summed E-state index contributed by atoms with van der Waals surface area (Å²) >= 11 is 1.37. The second-order valence-electron chi connectivity index (χ2n) is 5.75. The Morgan fingerprint density at radius 3 is 2.62 bits per heavy atom. The van der Waals surface area contributed by atoms with E-state index in [9.17, 15) is 4.79 Å². The third-order valence-electron chi connectivity index (χ3n) is 3.90. The fourth-order valence-electron chi connectivity index (χ4n) is 2.43. The first-order chi connectivity index (χ1) is 12.6. The number of carbonyl (C=O) groups is 1. The number of anilines is 1. The van der Waals surface area contributed by atoms with Crippen molar-refractivity contribution in [2.24, 2.45) is 0 Å². The van der Waals surface area contributed by atoms with Crippen LogP contribution in [-0.4, -0.2) is 33.0 Å². The standard InChI is InChI=1S/C19H20N4O2S/c1-13-6-4-5-7-17(13)23-12-20-22-19(23)26-14(2)18(24)21-15-8-10-16(25-3)11-9-15/h4-12,14H,1-3H3,(H,21,24). The van der Waals surface area contributed by atoms with Crippen LogP contribution in [0, 0.1) is 6.92 Å². The van der Waals surface area contributed by atoms with Gasteiger partial charge in [-0.3, -0.25) is 9.36 Å². The molecule has 1 amide bonds. The van der Waals surface area contributed by atoms with Crippen molar-refractivity contribution in [3.8, 4) is 11.4 Å². The number of carbonyl (C=O) groups excluding carboxylic acids is 1. The highest BCUT2D eigenvalue weighted by molar-refractivity contribution is 8.00. The van der Waals surface area contributed by atoms with Crippen LogP contribution in [0.5, 0.6) is 5.75 Å². The van der Waals surface area contributed by atoms with Gasteiger partial charge in [-0.2, -0.15) is 0 Å². The Balaban J connectivity index is 1.70. The molecule has 0 saturated heterocycles. The normalized spacial score (nSPS) is 11.8. The van der Waals surface area contributed by atoms with E-state index in [0.29, 0.717) is 5.16 Å². The van der Waals surface area contributed by atoms with Gasteiger partial charge in [0.05, 0.1) is 18.0 Å². The van der Waals surface area contributed by atoms with Gasteiger partial charge in [0.2, 0.25) is 5.91 Å². The minimum atomic E-state index is -0.330. The van der Waals surface area contributed by atoms with E-state index in [1.807, 2.05) is 66.9 Å². The Hall–Kier alpha value is -2.80. The van der Waals surface area contributed by atoms with Crippen LogP contribution >= 0.6 is 11.8 Å². The molecule has 1 aromatic heterocycles. The first-order valence-electron chi connectivity index (χ1n) is 8.16. The van der Waals surface area contributed by atoms with Crippen molar-refractivity contribution >= 4 is 23.4 Å². The molecule has 134 valence electrons. The first-order valence-corrected chi connectivity index (χ1v) is 9.04. The number of hydrogen-bond donors (Lipinski definition) is 1. The van der Waals surface area contributed by atoms with Gasteiger partial charge < -0.3 is 10.1 Å². The van der Waals surface area contributed by atoms with Crippen molar-refractivity contribution in [3.05, 3.63) is 60.4 Å². The number of rotatable bonds is 6. The highest BCUT2D eigenvalue weighted by Crippen LogP contribution is 2.26. The maximum Gasteiger partial charge on any atom is 0.237 e. The van der Waals surface area contributed by atoms with Gasteiger partial charge in [0.25, 0.3) is 0 Å². The third-order valence-corrected chi connectivity index (χ3v) is 4.96. The van der Waals surface area contributed by atoms with Gasteiger partial charge in [0, 0.05) is 5.69 Å². The predicted molar refractivity (Wildman–Crippen MR) is 103 cm³/mol. The van der Waals surface area contributed by atoms with Gasteiger partial charge in [0.1, 0.15) is 12.1 Å². The number of thioether (sulfide) groups is 1. The molecule has 1 unspecified atom stereocenters. The van der Waals surface area contributed by atoms with Crippen LogP contribution < -0.4 is 10.1 Å². The molecule has 0 saturated carbocycles. The van der Waals surface area contributed by atoms with Crippen molar-refractivity contribution in [1.82, 2.24) is 14.8 Å². The zero-order chi connectivity index (χ0) is 18.5. The average molecular weight is 368 g/mol. The number of methoxy groups -OCH3 is 1. The van der Waals surface area contributed by atoms with E-state index in [0.717, 1.165) is 22.7 Å². The molecule has 3 rings (SSSR count). The van der Waals surface area contributed by atoms with Crippen molar-refractivity contribution in [1.29, 1.82) is 0 Å². The number of hydrogen-bond acceptors (Lipinski definition) is 5. The molecule has 0 spiro atoms. The molecular weight excluding hydrogens is 348 g/mol. The predicted octanol–water partition coefficient (Wildman–Crippen LogP) is 3.70. The lowest BCUT2D eigenvalue weighted by Crippen LogP contribution is -2.22. The molecule has 0 aliphatic carbocycles. The summed E-state index contributed by atoms with van der Waals surface area (Å²) in [6.07, 6.45) is 1.67. The number of para-hydroxylation sites is 1. The molecule has 0 aliphatic heterocycles. The average Bonchev–Trinajstić information content (AvgIpc) is 3.10. The Morgan fingerprint density at radius 2 is 1.92 bits per heavy atom. The molecule has 1 atom stereocenters. The number of aromatic nitrogens is 3. The number of ether oxygens (including phenoxy) is 1. The number of aryl methyl sites for hydroxylation is 1. The minimum absolute atomic E-state index is 0.0977. The van der Waals surface area contributed by atoms with Crippen LogP contribution in [0.2, 0.25) is 0 Å². The molecule has 6 nitrogen and oxygen atoms in total. The highest BCUT2D eigenvalue weighted by atomic mass is 32.2. The minimum Gasteiger partial charge on any atom is -0.497 e. The van der Waals surface area contributed by atoms with Crippen molar-refractivity contribution in [2.45, 2.75) is 24.3 Å². The molecule has 26 heavy (non-hydrogen) atoms. The Bertz CT molecular complexity index is 893. The van der Waals surface area contributed by atoms with Gasteiger partial charge >= 0.3 is 0 Å². The van der Waals surface area contributed by atoms with Crippen molar-refractivity contribution in [3.63, 3.8) is 0 Å². The Morgan fingerprint density at radius 1 is 1.19 bits per heavy atom. The van der Waals surface area contributed by atoms with E-state index in [-0.39, 0.29) is 11.2 Å². The molecule has 0 radical (unpaired) electrons.